The molecule has 0 aliphatic carbocycles. The number of pyridine rings is 1. The number of benzene rings is 1. The van der Waals surface area contributed by atoms with Crippen molar-refractivity contribution in [3.05, 3.63) is 54.5 Å². The van der Waals surface area contributed by atoms with Crippen molar-refractivity contribution in [2.24, 2.45) is 0 Å². The van der Waals surface area contributed by atoms with Crippen molar-refractivity contribution < 1.29 is 19.1 Å². The summed E-state index contributed by atoms with van der Waals surface area (Å²) in [7, 11) is 1.87. The van der Waals surface area contributed by atoms with E-state index in [1.807, 2.05) is 89.9 Å². The Bertz CT molecular complexity index is 1320. The van der Waals surface area contributed by atoms with Crippen LogP contribution in [0.1, 0.15) is 47.1 Å². The molecule has 0 fully saturated rings. The van der Waals surface area contributed by atoms with E-state index in [0.717, 1.165) is 16.8 Å². The first-order valence-corrected chi connectivity index (χ1v) is 13.4. The topological polar surface area (TPSA) is 143 Å². The minimum Gasteiger partial charge on any atom is -0.459 e. The summed E-state index contributed by atoms with van der Waals surface area (Å²) in [6.07, 6.45) is 2.64. The number of aromatic nitrogens is 4. The number of anilines is 3. The van der Waals surface area contributed by atoms with Gasteiger partial charge in [-0.05, 0) is 78.4 Å². The van der Waals surface area contributed by atoms with E-state index in [1.165, 1.54) is 6.33 Å². The van der Waals surface area contributed by atoms with Gasteiger partial charge in [-0.3, -0.25) is 9.69 Å². The van der Waals surface area contributed by atoms with Crippen molar-refractivity contribution in [1.82, 2.24) is 30.2 Å². The van der Waals surface area contributed by atoms with E-state index >= 15 is 0 Å². The molecule has 12 nitrogen and oxygen atoms in total. The molecule has 12 heteroatoms. The molecule has 0 saturated heterocycles. The highest BCUT2D eigenvalue weighted by Gasteiger charge is 2.18. The fourth-order valence-electron chi connectivity index (χ4n) is 3.67. The van der Waals surface area contributed by atoms with Crippen LogP contribution in [0.5, 0.6) is 0 Å². The maximum Gasteiger partial charge on any atom is 0.407 e. The lowest BCUT2D eigenvalue weighted by Gasteiger charge is -2.22. The second-order valence-electron chi connectivity index (χ2n) is 11.5. The maximum atomic E-state index is 12.1. The number of hydrogen-bond donors (Lipinski definition) is 3. The Morgan fingerprint density at radius 3 is 2.41 bits per heavy atom. The van der Waals surface area contributed by atoms with Crippen LogP contribution in [0.15, 0.2) is 48.9 Å². The normalized spacial score (nSPS) is 11.6. The van der Waals surface area contributed by atoms with E-state index in [0.29, 0.717) is 37.2 Å². The highest BCUT2D eigenvalue weighted by atomic mass is 16.6. The number of carbonyl (C=O) groups excluding carboxylic acids is 2. The van der Waals surface area contributed by atoms with Gasteiger partial charge in [0.2, 0.25) is 5.95 Å². The summed E-state index contributed by atoms with van der Waals surface area (Å²) < 4.78 is 10.6. The standard InChI is InChI=1S/C29H40N8O4/c1-28(2,3)40-24(38)18-37(7)17-20-9-8-10-22(15-20)35-26-34-19-33-25(36-26)21-11-12-30-23(16-21)31-13-14-32-27(39)41-29(4,5)6/h8-12,15-16,19H,13-14,17-18H2,1-7H3,(H,30,31)(H,32,39)(H,33,34,35,36). The molecule has 3 aromatic rings. The zero-order valence-electron chi connectivity index (χ0n) is 24.8. The van der Waals surface area contributed by atoms with Crippen LogP contribution in [0.3, 0.4) is 0 Å². The van der Waals surface area contributed by atoms with Gasteiger partial charge in [0.1, 0.15) is 23.3 Å². The summed E-state index contributed by atoms with van der Waals surface area (Å²) >= 11 is 0. The Hall–Kier alpha value is -4.32. The van der Waals surface area contributed by atoms with Gasteiger partial charge in [-0.15, -0.1) is 0 Å². The van der Waals surface area contributed by atoms with E-state index < -0.39 is 17.3 Å². The molecule has 0 atom stereocenters. The average Bonchev–Trinajstić information content (AvgIpc) is 2.85. The fraction of sp³-hybridized carbons (Fsp3) is 0.448. The van der Waals surface area contributed by atoms with Crippen LogP contribution in [-0.2, 0) is 20.8 Å². The molecule has 0 radical (unpaired) electrons. The Balaban J connectivity index is 1.57. The molecule has 2 heterocycles. The Morgan fingerprint density at radius 2 is 1.68 bits per heavy atom. The molecule has 1 amide bonds. The third kappa shape index (κ3) is 11.8. The number of alkyl carbamates (subject to hydrolysis) is 1. The number of rotatable bonds is 11. The van der Waals surface area contributed by atoms with Gasteiger partial charge in [-0.1, -0.05) is 12.1 Å². The quantitative estimate of drug-likeness (QED) is 0.225. The average molecular weight is 565 g/mol. The van der Waals surface area contributed by atoms with Crippen LogP contribution in [0, 0.1) is 0 Å². The van der Waals surface area contributed by atoms with Crippen LogP contribution in [0.2, 0.25) is 0 Å². The molecule has 0 bridgehead atoms. The summed E-state index contributed by atoms with van der Waals surface area (Å²) in [5.74, 6) is 1.22. The number of likely N-dealkylation sites (N-methyl/N-ethyl adjacent to an activating group) is 1. The van der Waals surface area contributed by atoms with Gasteiger partial charge in [0.15, 0.2) is 5.82 Å². The van der Waals surface area contributed by atoms with Gasteiger partial charge in [0.25, 0.3) is 0 Å². The van der Waals surface area contributed by atoms with Crippen molar-refractivity contribution >= 4 is 29.5 Å². The first-order chi connectivity index (χ1) is 19.3. The zero-order chi connectivity index (χ0) is 30.0. The molecule has 3 N–H and O–H groups in total. The van der Waals surface area contributed by atoms with Gasteiger partial charge in [-0.2, -0.15) is 4.98 Å². The molecule has 0 saturated carbocycles. The minimum absolute atomic E-state index is 0.189. The lowest BCUT2D eigenvalue weighted by atomic mass is 10.2. The Kier molecular flexibility index (Phi) is 10.5. The number of carbonyl (C=O) groups is 2. The van der Waals surface area contributed by atoms with E-state index in [4.69, 9.17) is 9.47 Å². The summed E-state index contributed by atoms with van der Waals surface area (Å²) in [4.78, 5) is 43.3. The highest BCUT2D eigenvalue weighted by molar-refractivity contribution is 5.72. The van der Waals surface area contributed by atoms with Crippen molar-refractivity contribution in [1.29, 1.82) is 0 Å². The predicted octanol–water partition coefficient (Wildman–Crippen LogP) is 4.39. The van der Waals surface area contributed by atoms with Crippen LogP contribution in [0.4, 0.5) is 22.2 Å². The number of ether oxygens (including phenoxy) is 2. The molecule has 1 aromatic carbocycles. The highest BCUT2D eigenvalue weighted by Crippen LogP contribution is 2.20. The van der Waals surface area contributed by atoms with Crippen molar-refractivity contribution in [2.45, 2.75) is 59.3 Å². The largest absolute Gasteiger partial charge is 0.459 e. The molecule has 0 spiro atoms. The predicted molar refractivity (Wildman–Crippen MR) is 158 cm³/mol. The first kappa shape index (κ1) is 31.2. The number of nitrogens with zero attached hydrogens (tertiary/aromatic N) is 5. The van der Waals surface area contributed by atoms with Gasteiger partial charge in [0, 0.05) is 37.1 Å². The molecule has 0 aliphatic heterocycles. The smallest absolute Gasteiger partial charge is 0.407 e. The van der Waals surface area contributed by atoms with Gasteiger partial charge >= 0.3 is 12.1 Å². The van der Waals surface area contributed by atoms with Gasteiger partial charge in [0.05, 0.1) is 6.54 Å². The SMILES string of the molecule is CN(CC(=O)OC(C)(C)C)Cc1cccc(Nc2ncnc(-c3ccnc(NCCNC(=O)OC(C)(C)C)c3)n2)c1. The van der Waals surface area contributed by atoms with Crippen LogP contribution in [-0.4, -0.2) is 74.8 Å². The van der Waals surface area contributed by atoms with Crippen molar-refractivity contribution in [3.63, 3.8) is 0 Å². The second-order valence-corrected chi connectivity index (χ2v) is 11.5. The number of esters is 1. The molecule has 220 valence electrons. The van der Waals surface area contributed by atoms with E-state index in [1.54, 1.807) is 6.20 Å². The van der Waals surface area contributed by atoms with Crippen LogP contribution >= 0.6 is 0 Å². The minimum atomic E-state index is -0.547. The number of nitrogens with one attached hydrogen (secondary N) is 3. The molecule has 41 heavy (non-hydrogen) atoms. The number of hydrogen-bond acceptors (Lipinski definition) is 11. The molecule has 3 rings (SSSR count). The fourth-order valence-corrected chi connectivity index (χ4v) is 3.67. The molecule has 0 unspecified atom stereocenters. The number of amides is 1. The summed E-state index contributed by atoms with van der Waals surface area (Å²) in [5, 5.41) is 9.10. The third-order valence-electron chi connectivity index (χ3n) is 5.14. The van der Waals surface area contributed by atoms with E-state index in [9.17, 15) is 9.59 Å². The van der Waals surface area contributed by atoms with Gasteiger partial charge in [-0.25, -0.2) is 19.7 Å². The van der Waals surface area contributed by atoms with Crippen molar-refractivity contribution in [3.8, 4) is 11.4 Å². The van der Waals surface area contributed by atoms with Crippen molar-refractivity contribution in [2.75, 3.05) is 37.3 Å². The maximum absolute atomic E-state index is 12.1. The second kappa shape index (κ2) is 13.8. The monoisotopic (exact) mass is 564 g/mol. The Morgan fingerprint density at radius 1 is 0.927 bits per heavy atom. The molecule has 0 aliphatic rings. The van der Waals surface area contributed by atoms with Gasteiger partial charge < -0.3 is 25.4 Å². The molecular formula is C29H40N8O4. The summed E-state index contributed by atoms with van der Waals surface area (Å²) in [5.41, 5.74) is 1.51. The van der Waals surface area contributed by atoms with E-state index in [-0.39, 0.29) is 12.5 Å². The van der Waals surface area contributed by atoms with Crippen LogP contribution < -0.4 is 16.0 Å². The Labute approximate surface area is 241 Å². The summed E-state index contributed by atoms with van der Waals surface area (Å²) in [6.45, 7) is 12.6. The molecular weight excluding hydrogens is 524 g/mol. The lowest BCUT2D eigenvalue weighted by Crippen LogP contribution is -2.35. The van der Waals surface area contributed by atoms with E-state index in [2.05, 4.69) is 35.9 Å². The lowest BCUT2D eigenvalue weighted by molar-refractivity contribution is -0.155. The summed E-state index contributed by atoms with van der Waals surface area (Å²) in [6, 6.07) is 11.5. The van der Waals surface area contributed by atoms with Crippen LogP contribution in [0.25, 0.3) is 11.4 Å². The zero-order valence-corrected chi connectivity index (χ0v) is 24.8. The third-order valence-corrected chi connectivity index (χ3v) is 5.14. The first-order valence-electron chi connectivity index (χ1n) is 13.4. The molecule has 2 aromatic heterocycles.